The molecule has 0 bridgehead atoms. The number of benzene rings is 3. The first-order chi connectivity index (χ1) is 17.4. The number of hydrogen-bond donors (Lipinski definition) is 2. The molecule has 3 aromatic carbocycles. The van der Waals surface area contributed by atoms with Gasteiger partial charge in [0, 0.05) is 22.0 Å². The zero-order valence-corrected chi connectivity index (χ0v) is 20.2. The number of carbonyl (C=O) groups excluding carboxylic acids is 1. The van der Waals surface area contributed by atoms with Crippen molar-refractivity contribution >= 4 is 34.4 Å². The van der Waals surface area contributed by atoms with E-state index >= 15 is 4.39 Å². The number of rotatable bonds is 6. The monoisotopic (exact) mass is 505 g/mol. The van der Waals surface area contributed by atoms with Gasteiger partial charge in [-0.3, -0.25) is 14.3 Å². The second kappa shape index (κ2) is 10.1. The van der Waals surface area contributed by atoms with Crippen molar-refractivity contribution in [3.63, 3.8) is 0 Å². The van der Waals surface area contributed by atoms with Gasteiger partial charge in [-0.1, -0.05) is 54.1 Å². The second-order valence-corrected chi connectivity index (χ2v) is 9.66. The van der Waals surface area contributed by atoms with E-state index in [4.69, 9.17) is 11.6 Å². The number of amides is 1. The first-order valence-corrected chi connectivity index (χ1v) is 12.3. The van der Waals surface area contributed by atoms with Crippen LogP contribution in [0.2, 0.25) is 5.02 Å². The summed E-state index contributed by atoms with van der Waals surface area (Å²) in [6, 6.07) is 17.9. The van der Waals surface area contributed by atoms with Crippen LogP contribution in [0.1, 0.15) is 41.6 Å². The lowest BCUT2D eigenvalue weighted by Crippen LogP contribution is -2.38. The number of aliphatic carboxylic acids is 1. The minimum atomic E-state index is -0.788. The Morgan fingerprint density at radius 3 is 2.47 bits per heavy atom. The van der Waals surface area contributed by atoms with Crippen LogP contribution in [0.5, 0.6) is 0 Å². The largest absolute Gasteiger partial charge is 0.481 e. The topological polar surface area (TPSA) is 84.2 Å². The summed E-state index contributed by atoms with van der Waals surface area (Å²) < 4.78 is 16.7. The van der Waals surface area contributed by atoms with Gasteiger partial charge in [0.15, 0.2) is 0 Å². The van der Waals surface area contributed by atoms with Gasteiger partial charge in [0.2, 0.25) is 0 Å². The molecule has 1 aliphatic carbocycles. The fourth-order valence-electron chi connectivity index (χ4n) is 4.88. The van der Waals surface area contributed by atoms with Crippen LogP contribution in [0.4, 0.5) is 4.39 Å². The van der Waals surface area contributed by atoms with Crippen LogP contribution >= 0.6 is 11.6 Å². The Bertz CT molecular complexity index is 1430. The van der Waals surface area contributed by atoms with Gasteiger partial charge >= 0.3 is 5.97 Å². The molecule has 5 rings (SSSR count). The first kappa shape index (κ1) is 24.0. The molecule has 8 heteroatoms. The third-order valence-electron chi connectivity index (χ3n) is 6.84. The van der Waals surface area contributed by atoms with Crippen molar-refractivity contribution in [2.24, 2.45) is 5.92 Å². The number of carboxylic acid groups (broad SMARTS) is 1. The molecule has 6 nitrogen and oxygen atoms in total. The van der Waals surface area contributed by atoms with Crippen LogP contribution in [0.3, 0.4) is 0 Å². The molecule has 0 atom stereocenters. The SMILES string of the molecule is O=C(NC1CCC(C(=O)O)CC1)c1cc(Cl)cc2cnn(Cc3ccc(-c4ccccc4)cc3F)c12. The molecule has 36 heavy (non-hydrogen) atoms. The van der Waals surface area contributed by atoms with Gasteiger partial charge in [0.25, 0.3) is 5.91 Å². The number of halogens is 2. The van der Waals surface area contributed by atoms with Crippen LogP contribution in [0, 0.1) is 11.7 Å². The number of carboxylic acids is 1. The molecule has 0 aliphatic heterocycles. The van der Waals surface area contributed by atoms with E-state index in [1.165, 1.54) is 6.07 Å². The minimum Gasteiger partial charge on any atom is -0.481 e. The predicted molar refractivity (Wildman–Crippen MR) is 137 cm³/mol. The summed E-state index contributed by atoms with van der Waals surface area (Å²) in [5.74, 6) is -1.80. The van der Waals surface area contributed by atoms with E-state index in [0.29, 0.717) is 52.7 Å². The number of carbonyl (C=O) groups is 2. The van der Waals surface area contributed by atoms with Crippen LogP contribution in [0.15, 0.2) is 66.9 Å². The maximum Gasteiger partial charge on any atom is 0.306 e. The Balaban J connectivity index is 1.40. The smallest absolute Gasteiger partial charge is 0.306 e. The normalized spacial score (nSPS) is 17.7. The second-order valence-electron chi connectivity index (χ2n) is 9.23. The highest BCUT2D eigenvalue weighted by atomic mass is 35.5. The van der Waals surface area contributed by atoms with Crippen LogP contribution < -0.4 is 5.32 Å². The van der Waals surface area contributed by atoms with Crippen LogP contribution in [0.25, 0.3) is 22.0 Å². The van der Waals surface area contributed by atoms with Crippen molar-refractivity contribution in [2.75, 3.05) is 0 Å². The van der Waals surface area contributed by atoms with E-state index < -0.39 is 5.97 Å². The summed E-state index contributed by atoms with van der Waals surface area (Å²) in [6.07, 6.45) is 3.88. The van der Waals surface area contributed by atoms with Gasteiger partial charge < -0.3 is 10.4 Å². The Kier molecular flexibility index (Phi) is 6.74. The molecule has 0 saturated heterocycles. The molecule has 2 N–H and O–H groups in total. The zero-order chi connectivity index (χ0) is 25.2. The van der Waals surface area contributed by atoms with E-state index in [9.17, 15) is 14.7 Å². The quantitative estimate of drug-likeness (QED) is 0.341. The van der Waals surface area contributed by atoms with Gasteiger partial charge in [0.1, 0.15) is 5.82 Å². The minimum absolute atomic E-state index is 0.110. The van der Waals surface area contributed by atoms with E-state index in [0.717, 1.165) is 11.1 Å². The molecular weight excluding hydrogens is 481 g/mol. The van der Waals surface area contributed by atoms with Crippen molar-refractivity contribution in [1.82, 2.24) is 15.1 Å². The third kappa shape index (κ3) is 4.97. The lowest BCUT2D eigenvalue weighted by atomic mass is 9.86. The highest BCUT2D eigenvalue weighted by Gasteiger charge is 2.27. The number of nitrogens with one attached hydrogen (secondary N) is 1. The van der Waals surface area contributed by atoms with Crippen molar-refractivity contribution in [3.8, 4) is 11.1 Å². The molecular formula is C28H25ClFN3O3. The standard InChI is InChI=1S/C28H25ClFN3O3/c29-22-12-21-15-31-33(16-20-7-6-19(13-25(20)30)17-4-2-1-3-5-17)26(21)24(14-22)27(34)32-23-10-8-18(9-11-23)28(35)36/h1-7,12-15,18,23H,8-11,16H2,(H,32,34)(H,35,36). The summed E-state index contributed by atoms with van der Waals surface area (Å²) >= 11 is 6.29. The fraction of sp³-hybridized carbons (Fsp3) is 0.250. The maximum atomic E-state index is 15.1. The Morgan fingerprint density at radius 1 is 1.03 bits per heavy atom. The summed E-state index contributed by atoms with van der Waals surface area (Å²) in [6.45, 7) is 0.149. The predicted octanol–water partition coefficient (Wildman–Crippen LogP) is 5.92. The summed E-state index contributed by atoms with van der Waals surface area (Å²) in [5, 5.41) is 17.7. The molecule has 1 heterocycles. The number of aromatic nitrogens is 2. The van der Waals surface area contributed by atoms with Gasteiger partial charge in [-0.15, -0.1) is 0 Å². The highest BCUT2D eigenvalue weighted by Crippen LogP contribution is 2.28. The van der Waals surface area contributed by atoms with Crippen molar-refractivity contribution in [1.29, 1.82) is 0 Å². The summed E-state index contributed by atoms with van der Waals surface area (Å²) in [7, 11) is 0. The molecule has 1 aliphatic rings. The van der Waals surface area contributed by atoms with Crippen molar-refractivity contribution < 1.29 is 19.1 Å². The van der Waals surface area contributed by atoms with E-state index in [2.05, 4.69) is 10.4 Å². The highest BCUT2D eigenvalue weighted by molar-refractivity contribution is 6.32. The molecule has 1 aromatic heterocycles. The van der Waals surface area contributed by atoms with E-state index in [1.807, 2.05) is 36.4 Å². The number of nitrogens with zero attached hydrogens (tertiary/aromatic N) is 2. The molecule has 0 radical (unpaired) electrons. The zero-order valence-electron chi connectivity index (χ0n) is 19.5. The number of hydrogen-bond acceptors (Lipinski definition) is 3. The molecule has 1 amide bonds. The molecule has 0 unspecified atom stereocenters. The van der Waals surface area contributed by atoms with Crippen LogP contribution in [-0.4, -0.2) is 32.8 Å². The third-order valence-corrected chi connectivity index (χ3v) is 7.05. The Hall–Kier alpha value is -3.71. The molecule has 1 saturated carbocycles. The van der Waals surface area contributed by atoms with Gasteiger partial charge in [-0.2, -0.15) is 5.10 Å². The van der Waals surface area contributed by atoms with E-state index in [-0.39, 0.29) is 30.2 Å². The Labute approximate surface area is 212 Å². The summed E-state index contributed by atoms with van der Waals surface area (Å²) in [5.41, 5.74) is 3.09. The summed E-state index contributed by atoms with van der Waals surface area (Å²) in [4.78, 5) is 24.5. The fourth-order valence-corrected chi connectivity index (χ4v) is 5.11. The molecule has 1 fully saturated rings. The molecule has 4 aromatic rings. The van der Waals surface area contributed by atoms with Gasteiger partial charge in [0.05, 0.1) is 29.7 Å². The van der Waals surface area contributed by atoms with Crippen molar-refractivity contribution in [2.45, 2.75) is 38.3 Å². The lowest BCUT2D eigenvalue weighted by molar-refractivity contribution is -0.142. The maximum absolute atomic E-state index is 15.1. The molecule has 0 spiro atoms. The van der Waals surface area contributed by atoms with Crippen LogP contribution in [-0.2, 0) is 11.3 Å². The van der Waals surface area contributed by atoms with Gasteiger partial charge in [-0.25, -0.2) is 4.39 Å². The average Bonchev–Trinajstić information content (AvgIpc) is 3.27. The first-order valence-electron chi connectivity index (χ1n) is 11.9. The molecule has 184 valence electrons. The lowest BCUT2D eigenvalue weighted by Gasteiger charge is -2.27. The van der Waals surface area contributed by atoms with Crippen molar-refractivity contribution in [3.05, 3.63) is 88.8 Å². The van der Waals surface area contributed by atoms with E-state index in [1.54, 1.807) is 29.1 Å². The Morgan fingerprint density at radius 2 is 1.78 bits per heavy atom. The average molecular weight is 506 g/mol. The number of fused-ring (bicyclic) bond motifs is 1. The van der Waals surface area contributed by atoms with Gasteiger partial charge in [-0.05, 0) is 55.0 Å².